The minimum absolute atomic E-state index is 0.0234. The van der Waals surface area contributed by atoms with Gasteiger partial charge in [0.05, 0.1) is 16.9 Å². The van der Waals surface area contributed by atoms with Gasteiger partial charge in [0, 0.05) is 23.1 Å². The first-order valence-electron chi connectivity index (χ1n) is 9.47. The Bertz CT molecular complexity index is 949. The quantitative estimate of drug-likeness (QED) is 0.748. The second-order valence-electron chi connectivity index (χ2n) is 7.07. The normalized spacial score (nSPS) is 18.5. The van der Waals surface area contributed by atoms with Crippen LogP contribution < -0.4 is 10.2 Å². The van der Waals surface area contributed by atoms with E-state index in [0.717, 1.165) is 38.0 Å². The van der Waals surface area contributed by atoms with E-state index in [1.807, 2.05) is 4.90 Å². The zero-order chi connectivity index (χ0) is 19.8. The third-order valence-corrected chi connectivity index (χ3v) is 5.90. The van der Waals surface area contributed by atoms with Crippen molar-refractivity contribution in [2.75, 3.05) is 23.3 Å². The first-order valence-corrected chi connectivity index (χ1v) is 10.3. The van der Waals surface area contributed by atoms with Gasteiger partial charge in [0.2, 0.25) is 0 Å². The Morgan fingerprint density at radius 2 is 2.07 bits per heavy atom. The molecule has 1 N–H and O–H groups in total. The fourth-order valence-corrected chi connectivity index (χ4v) is 4.38. The standard InChI is InChI=1S/C21H21BrFN3O2/c1-2-25-18-11-13(20(27)24-17-9-7-14(22)12-16(17)23)6-8-15(18)21(28)26-10-4-3-5-19(25)26/h6-9,11-12,19H,2-5,10H2,1H3,(H,24,27). The summed E-state index contributed by atoms with van der Waals surface area (Å²) in [6.45, 7) is 3.56. The molecule has 1 saturated heterocycles. The summed E-state index contributed by atoms with van der Waals surface area (Å²) >= 11 is 3.20. The van der Waals surface area contributed by atoms with Gasteiger partial charge < -0.3 is 15.1 Å². The summed E-state index contributed by atoms with van der Waals surface area (Å²) in [7, 11) is 0. The van der Waals surface area contributed by atoms with Crippen LogP contribution in [-0.2, 0) is 0 Å². The van der Waals surface area contributed by atoms with E-state index in [4.69, 9.17) is 0 Å². The lowest BCUT2D eigenvalue weighted by atomic mass is 9.97. The molecule has 0 bridgehead atoms. The van der Waals surface area contributed by atoms with E-state index in [9.17, 15) is 14.0 Å². The molecule has 2 aromatic rings. The maximum absolute atomic E-state index is 14.1. The highest BCUT2D eigenvalue weighted by atomic mass is 79.9. The smallest absolute Gasteiger partial charge is 0.257 e. The molecule has 2 aliphatic heterocycles. The Hall–Kier alpha value is -2.41. The molecule has 0 radical (unpaired) electrons. The van der Waals surface area contributed by atoms with E-state index in [1.54, 1.807) is 24.3 Å². The average molecular weight is 446 g/mol. The second kappa shape index (κ2) is 7.54. The van der Waals surface area contributed by atoms with Crippen LogP contribution >= 0.6 is 15.9 Å². The van der Waals surface area contributed by atoms with Gasteiger partial charge in [0.25, 0.3) is 11.8 Å². The third kappa shape index (κ3) is 3.28. The molecular weight excluding hydrogens is 425 g/mol. The van der Waals surface area contributed by atoms with Crippen LogP contribution in [0.2, 0.25) is 0 Å². The molecule has 1 fully saturated rings. The topological polar surface area (TPSA) is 52.7 Å². The van der Waals surface area contributed by atoms with Gasteiger partial charge in [0.15, 0.2) is 0 Å². The summed E-state index contributed by atoms with van der Waals surface area (Å²) < 4.78 is 14.7. The van der Waals surface area contributed by atoms with E-state index in [0.29, 0.717) is 15.6 Å². The van der Waals surface area contributed by atoms with Crippen molar-refractivity contribution in [3.8, 4) is 0 Å². The van der Waals surface area contributed by atoms with E-state index in [-0.39, 0.29) is 17.8 Å². The van der Waals surface area contributed by atoms with E-state index >= 15 is 0 Å². The van der Waals surface area contributed by atoms with Crippen molar-refractivity contribution in [1.29, 1.82) is 0 Å². The van der Waals surface area contributed by atoms with Crippen molar-refractivity contribution in [3.63, 3.8) is 0 Å². The molecule has 0 aromatic heterocycles. The number of amides is 2. The lowest BCUT2D eigenvalue weighted by Crippen LogP contribution is -2.57. The molecule has 28 heavy (non-hydrogen) atoms. The summed E-state index contributed by atoms with van der Waals surface area (Å²) in [5, 5.41) is 2.61. The number of nitrogens with zero attached hydrogens (tertiary/aromatic N) is 2. The van der Waals surface area contributed by atoms with Crippen LogP contribution in [0.3, 0.4) is 0 Å². The van der Waals surface area contributed by atoms with Crippen LogP contribution in [0.5, 0.6) is 0 Å². The van der Waals surface area contributed by atoms with Crippen LogP contribution in [0.4, 0.5) is 15.8 Å². The Morgan fingerprint density at radius 1 is 1.25 bits per heavy atom. The monoisotopic (exact) mass is 445 g/mol. The Morgan fingerprint density at radius 3 is 2.82 bits per heavy atom. The predicted octanol–water partition coefficient (Wildman–Crippen LogP) is 4.63. The van der Waals surface area contributed by atoms with Gasteiger partial charge in [-0.1, -0.05) is 15.9 Å². The Balaban J connectivity index is 1.66. The average Bonchev–Trinajstić information content (AvgIpc) is 2.70. The molecule has 2 amide bonds. The number of halogens is 2. The minimum Gasteiger partial charge on any atom is -0.351 e. The summed E-state index contributed by atoms with van der Waals surface area (Å²) in [6.07, 6.45) is 3.08. The van der Waals surface area contributed by atoms with Gasteiger partial charge in [-0.25, -0.2) is 4.39 Å². The van der Waals surface area contributed by atoms with Crippen molar-refractivity contribution >= 4 is 39.1 Å². The number of piperidine rings is 1. The van der Waals surface area contributed by atoms with Crippen LogP contribution in [0.1, 0.15) is 46.9 Å². The molecule has 146 valence electrons. The summed E-state index contributed by atoms with van der Waals surface area (Å²) in [5.74, 6) is -0.891. The lowest BCUT2D eigenvalue weighted by molar-refractivity contribution is 0.0582. The fraction of sp³-hybridized carbons (Fsp3) is 0.333. The van der Waals surface area contributed by atoms with Gasteiger partial charge in [-0.2, -0.15) is 0 Å². The van der Waals surface area contributed by atoms with Crippen molar-refractivity contribution in [1.82, 2.24) is 4.90 Å². The summed E-state index contributed by atoms with van der Waals surface area (Å²) in [6, 6.07) is 9.56. The van der Waals surface area contributed by atoms with Crippen molar-refractivity contribution in [2.24, 2.45) is 0 Å². The fourth-order valence-electron chi connectivity index (χ4n) is 4.05. The van der Waals surface area contributed by atoms with Gasteiger partial charge in [0.1, 0.15) is 12.0 Å². The summed E-state index contributed by atoms with van der Waals surface area (Å²) in [5.41, 5.74) is 1.91. The van der Waals surface area contributed by atoms with Crippen molar-refractivity contribution in [3.05, 3.63) is 57.8 Å². The largest absolute Gasteiger partial charge is 0.351 e. The van der Waals surface area contributed by atoms with Gasteiger partial charge >= 0.3 is 0 Å². The van der Waals surface area contributed by atoms with Gasteiger partial charge in [-0.05, 0) is 62.6 Å². The number of carbonyl (C=O) groups is 2. The molecule has 2 heterocycles. The number of benzene rings is 2. The number of anilines is 2. The highest BCUT2D eigenvalue weighted by Crippen LogP contribution is 2.36. The maximum atomic E-state index is 14.1. The molecule has 5 nitrogen and oxygen atoms in total. The first-order chi connectivity index (χ1) is 13.5. The number of fused-ring (bicyclic) bond motifs is 2. The van der Waals surface area contributed by atoms with E-state index < -0.39 is 11.7 Å². The van der Waals surface area contributed by atoms with Crippen LogP contribution in [0.15, 0.2) is 40.9 Å². The van der Waals surface area contributed by atoms with Crippen molar-refractivity contribution in [2.45, 2.75) is 32.4 Å². The Labute approximate surface area is 171 Å². The lowest BCUT2D eigenvalue weighted by Gasteiger charge is -2.47. The first kappa shape index (κ1) is 18.9. The molecule has 1 atom stereocenters. The van der Waals surface area contributed by atoms with E-state index in [2.05, 4.69) is 33.1 Å². The third-order valence-electron chi connectivity index (χ3n) is 5.41. The molecular formula is C21H21BrFN3O2. The molecule has 0 aliphatic carbocycles. The van der Waals surface area contributed by atoms with Gasteiger partial charge in [-0.3, -0.25) is 9.59 Å². The molecule has 2 aromatic carbocycles. The Kier molecular flexibility index (Phi) is 5.10. The molecule has 0 saturated carbocycles. The number of rotatable bonds is 3. The second-order valence-corrected chi connectivity index (χ2v) is 7.99. The van der Waals surface area contributed by atoms with Crippen LogP contribution in [0.25, 0.3) is 0 Å². The maximum Gasteiger partial charge on any atom is 0.257 e. The summed E-state index contributed by atoms with van der Waals surface area (Å²) in [4.78, 5) is 29.7. The van der Waals surface area contributed by atoms with Crippen LogP contribution in [0, 0.1) is 5.82 Å². The molecule has 1 unspecified atom stereocenters. The van der Waals surface area contributed by atoms with E-state index in [1.165, 1.54) is 12.1 Å². The molecule has 0 spiro atoms. The number of hydrogen-bond acceptors (Lipinski definition) is 3. The predicted molar refractivity (Wildman–Crippen MR) is 110 cm³/mol. The molecule has 4 rings (SSSR count). The minimum atomic E-state index is -0.510. The number of nitrogens with one attached hydrogen (secondary N) is 1. The number of carbonyl (C=O) groups excluding carboxylic acids is 2. The van der Waals surface area contributed by atoms with Crippen molar-refractivity contribution < 1.29 is 14.0 Å². The zero-order valence-electron chi connectivity index (χ0n) is 15.5. The molecule has 7 heteroatoms. The highest BCUT2D eigenvalue weighted by molar-refractivity contribution is 9.10. The number of hydrogen-bond donors (Lipinski definition) is 1. The zero-order valence-corrected chi connectivity index (χ0v) is 17.1. The molecule has 2 aliphatic rings. The SMILES string of the molecule is CCN1c2cc(C(=O)Nc3ccc(Br)cc3F)ccc2C(=O)N2CCCCC21. The van der Waals surface area contributed by atoms with Gasteiger partial charge in [-0.15, -0.1) is 0 Å². The van der Waals surface area contributed by atoms with Crippen LogP contribution in [-0.4, -0.2) is 36.0 Å². The highest BCUT2D eigenvalue weighted by Gasteiger charge is 2.38.